The number of nitrogens with two attached hydrogens (primary N) is 1. The summed E-state index contributed by atoms with van der Waals surface area (Å²) in [5, 5.41) is 8.73. The van der Waals surface area contributed by atoms with E-state index >= 15 is 0 Å². The fraction of sp³-hybridized carbons (Fsp3) is 0.500. The van der Waals surface area contributed by atoms with Crippen LogP contribution in [-0.4, -0.2) is 31.1 Å². The Labute approximate surface area is 131 Å². The summed E-state index contributed by atoms with van der Waals surface area (Å²) < 4.78 is 0. The molecule has 0 fully saturated rings. The van der Waals surface area contributed by atoms with Crippen LogP contribution >= 0.6 is 0 Å². The Balaban J connectivity index is 2.68. The first-order valence-electron chi connectivity index (χ1n) is 7.55. The molecule has 5 N–H and O–H groups in total. The smallest absolute Gasteiger partial charge is 0.312 e. The number of carbonyl (C=O) groups excluding carboxylic acids is 2. The van der Waals surface area contributed by atoms with E-state index in [0.29, 0.717) is 6.54 Å². The molecule has 0 radical (unpaired) electrons. The van der Waals surface area contributed by atoms with Gasteiger partial charge in [-0.1, -0.05) is 31.2 Å². The standard InChI is InChI=1S/C16H26N4O2/c1-4-18-12(3)10-19-15(21)9-14(20-16(17)22)13-8-6-5-7-11(13)2/h5-8,12,14,18H,4,9-10H2,1-3H3,(H,19,21)(H3,17,20,22)/t12-,14?/m1/s1. The Bertz CT molecular complexity index is 505. The molecule has 0 saturated heterocycles. The third kappa shape index (κ3) is 6.13. The number of likely N-dealkylation sites (N-methyl/N-ethyl adjacent to an activating group) is 1. The maximum absolute atomic E-state index is 12.1. The van der Waals surface area contributed by atoms with Crippen molar-refractivity contribution >= 4 is 11.9 Å². The fourth-order valence-electron chi connectivity index (χ4n) is 2.33. The lowest BCUT2D eigenvalue weighted by molar-refractivity contribution is -0.121. The Kier molecular flexibility index (Phi) is 7.39. The Morgan fingerprint density at radius 2 is 1.95 bits per heavy atom. The summed E-state index contributed by atoms with van der Waals surface area (Å²) in [6, 6.07) is 6.77. The summed E-state index contributed by atoms with van der Waals surface area (Å²) in [4.78, 5) is 23.3. The number of aryl methyl sites for hydroxylation is 1. The first-order chi connectivity index (χ1) is 10.4. The van der Waals surface area contributed by atoms with Crippen molar-refractivity contribution in [1.29, 1.82) is 0 Å². The van der Waals surface area contributed by atoms with Gasteiger partial charge in [-0.3, -0.25) is 4.79 Å². The minimum Gasteiger partial charge on any atom is -0.354 e. The summed E-state index contributed by atoms with van der Waals surface area (Å²) >= 11 is 0. The first-order valence-corrected chi connectivity index (χ1v) is 7.55. The summed E-state index contributed by atoms with van der Waals surface area (Å²) in [5.41, 5.74) is 7.14. The summed E-state index contributed by atoms with van der Waals surface area (Å²) in [5.74, 6) is -0.119. The summed E-state index contributed by atoms with van der Waals surface area (Å²) in [7, 11) is 0. The van der Waals surface area contributed by atoms with Crippen molar-refractivity contribution in [3.8, 4) is 0 Å². The van der Waals surface area contributed by atoms with Crippen molar-refractivity contribution in [3.63, 3.8) is 0 Å². The zero-order valence-corrected chi connectivity index (χ0v) is 13.5. The molecule has 0 aliphatic rings. The van der Waals surface area contributed by atoms with Crippen LogP contribution in [0.5, 0.6) is 0 Å². The van der Waals surface area contributed by atoms with Crippen LogP contribution in [0.3, 0.4) is 0 Å². The normalized spacial score (nSPS) is 13.2. The van der Waals surface area contributed by atoms with Crippen LogP contribution in [0.2, 0.25) is 0 Å². The number of urea groups is 1. The van der Waals surface area contributed by atoms with Gasteiger partial charge in [0.2, 0.25) is 5.91 Å². The molecular formula is C16H26N4O2. The molecule has 0 heterocycles. The second-order valence-electron chi connectivity index (χ2n) is 5.38. The topological polar surface area (TPSA) is 96.2 Å². The van der Waals surface area contributed by atoms with E-state index in [1.54, 1.807) is 0 Å². The molecule has 0 aliphatic carbocycles. The third-order valence-electron chi connectivity index (χ3n) is 3.43. The molecule has 1 unspecified atom stereocenters. The molecule has 0 bridgehead atoms. The Morgan fingerprint density at radius 3 is 2.55 bits per heavy atom. The van der Waals surface area contributed by atoms with Gasteiger partial charge in [0.1, 0.15) is 0 Å². The molecule has 6 nitrogen and oxygen atoms in total. The highest BCUT2D eigenvalue weighted by Gasteiger charge is 2.19. The molecule has 1 aromatic carbocycles. The number of amides is 3. The quantitative estimate of drug-likeness (QED) is 0.581. The zero-order valence-electron chi connectivity index (χ0n) is 13.5. The molecular weight excluding hydrogens is 280 g/mol. The lowest BCUT2D eigenvalue weighted by Gasteiger charge is -2.20. The lowest BCUT2D eigenvalue weighted by atomic mass is 9.98. The molecule has 0 aliphatic heterocycles. The number of rotatable bonds is 8. The molecule has 3 amide bonds. The van der Waals surface area contributed by atoms with E-state index in [1.807, 2.05) is 45.0 Å². The van der Waals surface area contributed by atoms with Crippen LogP contribution in [0.15, 0.2) is 24.3 Å². The molecule has 2 atom stereocenters. The molecule has 122 valence electrons. The van der Waals surface area contributed by atoms with E-state index in [-0.39, 0.29) is 18.4 Å². The van der Waals surface area contributed by atoms with Gasteiger partial charge in [0.15, 0.2) is 0 Å². The second kappa shape index (κ2) is 9.04. The van der Waals surface area contributed by atoms with E-state index < -0.39 is 12.1 Å². The van der Waals surface area contributed by atoms with Gasteiger partial charge in [-0.25, -0.2) is 4.79 Å². The predicted molar refractivity (Wildman–Crippen MR) is 87.4 cm³/mol. The average Bonchev–Trinajstić information content (AvgIpc) is 2.45. The highest BCUT2D eigenvalue weighted by molar-refractivity contribution is 5.78. The van der Waals surface area contributed by atoms with E-state index in [2.05, 4.69) is 16.0 Å². The number of hydrogen-bond acceptors (Lipinski definition) is 3. The minimum absolute atomic E-state index is 0.119. The van der Waals surface area contributed by atoms with Gasteiger partial charge in [-0.2, -0.15) is 0 Å². The van der Waals surface area contributed by atoms with Crippen LogP contribution < -0.4 is 21.7 Å². The SMILES string of the molecule is CCN[C@H](C)CNC(=O)CC(NC(N)=O)c1ccccc1C. The van der Waals surface area contributed by atoms with Crippen molar-refractivity contribution in [2.24, 2.45) is 5.73 Å². The van der Waals surface area contributed by atoms with Crippen molar-refractivity contribution in [1.82, 2.24) is 16.0 Å². The van der Waals surface area contributed by atoms with Gasteiger partial charge < -0.3 is 21.7 Å². The van der Waals surface area contributed by atoms with Crippen molar-refractivity contribution in [3.05, 3.63) is 35.4 Å². The monoisotopic (exact) mass is 306 g/mol. The summed E-state index contributed by atoms with van der Waals surface area (Å²) in [6.07, 6.45) is 0.159. The Morgan fingerprint density at radius 1 is 1.27 bits per heavy atom. The van der Waals surface area contributed by atoms with Crippen LogP contribution in [0.1, 0.15) is 37.4 Å². The van der Waals surface area contributed by atoms with Crippen molar-refractivity contribution in [2.75, 3.05) is 13.1 Å². The third-order valence-corrected chi connectivity index (χ3v) is 3.43. The molecule has 0 spiro atoms. The summed E-state index contributed by atoms with van der Waals surface area (Å²) in [6.45, 7) is 7.36. The maximum atomic E-state index is 12.1. The minimum atomic E-state index is -0.637. The highest BCUT2D eigenvalue weighted by atomic mass is 16.2. The molecule has 22 heavy (non-hydrogen) atoms. The molecule has 0 aromatic heterocycles. The van der Waals surface area contributed by atoms with Crippen molar-refractivity contribution < 1.29 is 9.59 Å². The van der Waals surface area contributed by atoms with E-state index in [0.717, 1.165) is 17.7 Å². The molecule has 1 rings (SSSR count). The number of hydrogen-bond donors (Lipinski definition) is 4. The predicted octanol–water partition coefficient (Wildman–Crippen LogP) is 1.21. The number of primary amides is 1. The number of benzene rings is 1. The molecule has 1 aromatic rings. The van der Waals surface area contributed by atoms with Gasteiger partial charge in [0.05, 0.1) is 12.5 Å². The van der Waals surface area contributed by atoms with Gasteiger partial charge in [-0.05, 0) is 31.5 Å². The van der Waals surface area contributed by atoms with Gasteiger partial charge >= 0.3 is 6.03 Å². The number of carbonyl (C=O) groups is 2. The fourth-order valence-corrected chi connectivity index (χ4v) is 2.33. The van der Waals surface area contributed by atoms with Gasteiger partial charge in [-0.15, -0.1) is 0 Å². The first kappa shape index (κ1) is 18.0. The lowest BCUT2D eigenvalue weighted by Crippen LogP contribution is -2.41. The maximum Gasteiger partial charge on any atom is 0.312 e. The average molecular weight is 306 g/mol. The van der Waals surface area contributed by atoms with Crippen LogP contribution in [0.25, 0.3) is 0 Å². The van der Waals surface area contributed by atoms with E-state index in [1.165, 1.54) is 0 Å². The second-order valence-corrected chi connectivity index (χ2v) is 5.38. The largest absolute Gasteiger partial charge is 0.354 e. The van der Waals surface area contributed by atoms with Gasteiger partial charge in [0.25, 0.3) is 0 Å². The van der Waals surface area contributed by atoms with Crippen LogP contribution in [-0.2, 0) is 4.79 Å². The van der Waals surface area contributed by atoms with E-state index in [9.17, 15) is 9.59 Å². The van der Waals surface area contributed by atoms with Crippen molar-refractivity contribution in [2.45, 2.75) is 39.3 Å². The molecule has 0 saturated carbocycles. The van der Waals surface area contributed by atoms with E-state index in [4.69, 9.17) is 5.73 Å². The van der Waals surface area contributed by atoms with Gasteiger partial charge in [0, 0.05) is 12.6 Å². The van der Waals surface area contributed by atoms with Crippen LogP contribution in [0, 0.1) is 6.92 Å². The highest BCUT2D eigenvalue weighted by Crippen LogP contribution is 2.20. The Hall–Kier alpha value is -2.08. The van der Waals surface area contributed by atoms with Crippen LogP contribution in [0.4, 0.5) is 4.79 Å². The number of nitrogens with one attached hydrogen (secondary N) is 3. The zero-order chi connectivity index (χ0) is 16.5. The molecule has 6 heteroatoms.